The molecule has 1 saturated carbocycles. The maximum absolute atomic E-state index is 15.2. The average Bonchev–Trinajstić information content (AvgIpc) is 3.37. The average molecular weight is 375 g/mol. The molecule has 27 heavy (non-hydrogen) atoms. The maximum atomic E-state index is 15.2. The summed E-state index contributed by atoms with van der Waals surface area (Å²) >= 11 is 0. The molecule has 8 heteroatoms. The number of halogens is 1. The van der Waals surface area contributed by atoms with Crippen molar-refractivity contribution in [2.75, 3.05) is 30.9 Å². The molecule has 146 valence electrons. The van der Waals surface area contributed by atoms with E-state index in [4.69, 9.17) is 5.84 Å². The third-order valence-electron chi connectivity index (χ3n) is 6.20. The molecule has 1 aliphatic carbocycles. The Labute approximate surface area is 156 Å². The standard InChI is InChI=1S/C19H26FN5O2/c1-10-16-14(24(13-4-5-13)19(27)25(21)18(16)26)8-15(17(10)20)23-7-6-12(9-23)11(2)22-3/h8,11-13,22H,4-7,9,21H2,1-3H3/t11?,12-/m0/s1. The van der Waals surface area contributed by atoms with Gasteiger partial charge in [-0.15, -0.1) is 0 Å². The molecule has 1 unspecified atom stereocenters. The van der Waals surface area contributed by atoms with Gasteiger partial charge in [0.05, 0.1) is 16.6 Å². The van der Waals surface area contributed by atoms with E-state index in [-0.39, 0.29) is 17.0 Å². The van der Waals surface area contributed by atoms with Crippen molar-refractivity contribution < 1.29 is 4.39 Å². The van der Waals surface area contributed by atoms with Crippen molar-refractivity contribution in [1.82, 2.24) is 14.6 Å². The molecular formula is C19H26FN5O2. The van der Waals surface area contributed by atoms with E-state index in [2.05, 4.69) is 12.2 Å². The van der Waals surface area contributed by atoms with Gasteiger partial charge in [0.2, 0.25) is 0 Å². The van der Waals surface area contributed by atoms with E-state index in [0.717, 1.165) is 32.4 Å². The zero-order valence-corrected chi connectivity index (χ0v) is 16.0. The molecule has 2 atom stereocenters. The predicted octanol–water partition coefficient (Wildman–Crippen LogP) is 1.09. The van der Waals surface area contributed by atoms with E-state index < -0.39 is 17.1 Å². The van der Waals surface area contributed by atoms with Crippen LogP contribution in [0.3, 0.4) is 0 Å². The molecule has 2 aromatic rings. The van der Waals surface area contributed by atoms with Crippen molar-refractivity contribution in [2.24, 2.45) is 5.92 Å². The topological polar surface area (TPSA) is 85.3 Å². The Hall–Kier alpha value is -2.35. The number of fused-ring (bicyclic) bond motifs is 1. The first-order chi connectivity index (χ1) is 12.8. The van der Waals surface area contributed by atoms with Gasteiger partial charge in [-0.3, -0.25) is 9.36 Å². The molecule has 2 aliphatic rings. The monoisotopic (exact) mass is 375 g/mol. The smallest absolute Gasteiger partial charge is 0.350 e. The number of benzene rings is 1. The van der Waals surface area contributed by atoms with Crippen LogP contribution in [0.4, 0.5) is 10.1 Å². The van der Waals surface area contributed by atoms with Crippen LogP contribution < -0.4 is 27.3 Å². The van der Waals surface area contributed by atoms with E-state index in [1.165, 1.54) is 0 Å². The van der Waals surface area contributed by atoms with Crippen molar-refractivity contribution in [1.29, 1.82) is 0 Å². The molecule has 0 spiro atoms. The molecule has 0 amide bonds. The van der Waals surface area contributed by atoms with Gasteiger partial charge in [-0.25, -0.2) is 9.18 Å². The number of hydrogen-bond acceptors (Lipinski definition) is 5. The third-order valence-corrected chi connectivity index (χ3v) is 6.20. The summed E-state index contributed by atoms with van der Waals surface area (Å²) in [5.41, 5.74) is 0.0428. The van der Waals surface area contributed by atoms with Crippen LogP contribution >= 0.6 is 0 Å². The number of hydrogen-bond donors (Lipinski definition) is 2. The number of aromatic nitrogens is 2. The number of nitrogens with one attached hydrogen (secondary N) is 1. The largest absolute Gasteiger partial charge is 0.369 e. The van der Waals surface area contributed by atoms with Gasteiger partial charge in [0, 0.05) is 30.7 Å². The van der Waals surface area contributed by atoms with Crippen molar-refractivity contribution >= 4 is 16.6 Å². The van der Waals surface area contributed by atoms with Gasteiger partial charge < -0.3 is 16.1 Å². The molecule has 1 saturated heterocycles. The lowest BCUT2D eigenvalue weighted by Gasteiger charge is -2.24. The Morgan fingerprint density at radius 3 is 2.63 bits per heavy atom. The molecule has 2 heterocycles. The minimum atomic E-state index is -0.641. The number of nitrogen functional groups attached to an aromatic ring is 1. The molecule has 0 bridgehead atoms. The summed E-state index contributed by atoms with van der Waals surface area (Å²) in [7, 11) is 1.93. The number of aryl methyl sites for hydroxylation is 1. The van der Waals surface area contributed by atoms with Gasteiger partial charge in [-0.1, -0.05) is 0 Å². The fourth-order valence-electron chi connectivity index (χ4n) is 4.21. The lowest BCUT2D eigenvalue weighted by molar-refractivity contribution is 0.428. The van der Waals surface area contributed by atoms with Gasteiger partial charge in [0.15, 0.2) is 0 Å². The normalized spacial score (nSPS) is 21.2. The Kier molecular flexibility index (Phi) is 4.25. The summed E-state index contributed by atoms with van der Waals surface area (Å²) in [4.78, 5) is 27.2. The number of nitrogens with zero attached hydrogens (tertiary/aromatic N) is 3. The van der Waals surface area contributed by atoms with Gasteiger partial charge in [0.25, 0.3) is 5.56 Å². The summed E-state index contributed by atoms with van der Waals surface area (Å²) in [5.74, 6) is 5.71. The van der Waals surface area contributed by atoms with Crippen LogP contribution in [0.5, 0.6) is 0 Å². The minimum Gasteiger partial charge on any atom is -0.369 e. The van der Waals surface area contributed by atoms with Gasteiger partial charge >= 0.3 is 5.69 Å². The first-order valence-electron chi connectivity index (χ1n) is 9.52. The van der Waals surface area contributed by atoms with Crippen LogP contribution in [0.25, 0.3) is 10.9 Å². The number of nitrogens with two attached hydrogens (primary N) is 1. The van der Waals surface area contributed by atoms with Crippen molar-refractivity contribution in [3.8, 4) is 0 Å². The maximum Gasteiger partial charge on any atom is 0.350 e. The second kappa shape index (κ2) is 6.37. The Balaban J connectivity index is 1.90. The minimum absolute atomic E-state index is 0.0313. The van der Waals surface area contributed by atoms with Crippen LogP contribution in [0.15, 0.2) is 15.7 Å². The van der Waals surface area contributed by atoms with E-state index in [1.807, 2.05) is 11.9 Å². The molecular weight excluding hydrogens is 349 g/mol. The van der Waals surface area contributed by atoms with Crippen molar-refractivity contribution in [3.05, 3.63) is 38.3 Å². The van der Waals surface area contributed by atoms with Crippen LogP contribution in [0, 0.1) is 18.7 Å². The fraction of sp³-hybridized carbons (Fsp3) is 0.579. The number of rotatable bonds is 4. The molecule has 4 rings (SSSR count). The highest BCUT2D eigenvalue weighted by atomic mass is 19.1. The second-order valence-corrected chi connectivity index (χ2v) is 7.86. The summed E-state index contributed by atoms with van der Waals surface area (Å²) < 4.78 is 17.4. The van der Waals surface area contributed by atoms with E-state index >= 15 is 4.39 Å². The molecule has 1 aromatic carbocycles. The van der Waals surface area contributed by atoms with Gasteiger partial charge in [-0.2, -0.15) is 4.68 Å². The zero-order valence-electron chi connectivity index (χ0n) is 16.0. The molecule has 2 fully saturated rings. The first-order valence-corrected chi connectivity index (χ1v) is 9.52. The van der Waals surface area contributed by atoms with Gasteiger partial charge in [0.1, 0.15) is 5.82 Å². The Morgan fingerprint density at radius 1 is 1.30 bits per heavy atom. The highest BCUT2D eigenvalue weighted by Crippen LogP contribution is 2.38. The summed E-state index contributed by atoms with van der Waals surface area (Å²) in [6.45, 7) is 5.21. The first kappa shape index (κ1) is 18.0. The zero-order chi connectivity index (χ0) is 19.5. The number of anilines is 1. The molecule has 7 nitrogen and oxygen atoms in total. The highest BCUT2D eigenvalue weighted by molar-refractivity contribution is 5.86. The highest BCUT2D eigenvalue weighted by Gasteiger charge is 2.32. The summed E-state index contributed by atoms with van der Waals surface area (Å²) in [6.07, 6.45) is 2.70. The Morgan fingerprint density at radius 2 is 2.00 bits per heavy atom. The van der Waals surface area contributed by atoms with Crippen LogP contribution in [-0.2, 0) is 0 Å². The molecule has 1 aromatic heterocycles. The fourth-order valence-corrected chi connectivity index (χ4v) is 4.21. The van der Waals surface area contributed by atoms with Gasteiger partial charge in [-0.05, 0) is 52.1 Å². The third kappa shape index (κ3) is 2.74. The predicted molar refractivity (Wildman–Crippen MR) is 104 cm³/mol. The molecule has 3 N–H and O–H groups in total. The summed E-state index contributed by atoms with van der Waals surface area (Å²) in [6, 6.07) is 2.04. The quantitative estimate of drug-likeness (QED) is 0.782. The lowest BCUT2D eigenvalue weighted by atomic mass is 10.0. The van der Waals surface area contributed by atoms with Crippen molar-refractivity contribution in [2.45, 2.75) is 45.2 Å². The van der Waals surface area contributed by atoms with E-state index in [0.29, 0.717) is 27.8 Å². The van der Waals surface area contributed by atoms with Crippen LogP contribution in [0.2, 0.25) is 0 Å². The lowest BCUT2D eigenvalue weighted by Crippen LogP contribution is -2.44. The van der Waals surface area contributed by atoms with Crippen LogP contribution in [0.1, 0.15) is 37.8 Å². The second-order valence-electron chi connectivity index (χ2n) is 7.86. The Bertz CT molecular complexity index is 1020. The molecule has 0 radical (unpaired) electrons. The SMILES string of the molecule is CNC(C)[C@H]1CCN(c2cc3c(c(C)c2F)c(=O)n(N)c(=O)n3C2CC2)C1. The van der Waals surface area contributed by atoms with Crippen LogP contribution in [-0.4, -0.2) is 35.4 Å². The summed E-state index contributed by atoms with van der Waals surface area (Å²) in [5, 5.41) is 3.46. The van der Waals surface area contributed by atoms with Crippen molar-refractivity contribution in [3.63, 3.8) is 0 Å². The molecule has 1 aliphatic heterocycles. The van der Waals surface area contributed by atoms with E-state index in [9.17, 15) is 9.59 Å². The van der Waals surface area contributed by atoms with E-state index in [1.54, 1.807) is 17.6 Å².